The second-order valence-corrected chi connectivity index (χ2v) is 8.48. The summed E-state index contributed by atoms with van der Waals surface area (Å²) < 4.78 is 26.6. The number of aryl methyl sites for hydroxylation is 2. The maximum absolute atomic E-state index is 13.0. The van der Waals surface area contributed by atoms with E-state index in [1.807, 2.05) is 38.1 Å². The molecule has 6 nitrogen and oxygen atoms in total. The fraction of sp³-hybridized carbons (Fsp3) is 0.238. The summed E-state index contributed by atoms with van der Waals surface area (Å²) in [4.78, 5) is 25.0. The van der Waals surface area contributed by atoms with Gasteiger partial charge in [-0.3, -0.25) is 9.59 Å². The third-order valence-corrected chi connectivity index (χ3v) is 6.70. The first-order valence-corrected chi connectivity index (χ1v) is 10.4. The Bertz CT molecular complexity index is 1070. The number of anilines is 1. The van der Waals surface area contributed by atoms with Crippen molar-refractivity contribution in [2.24, 2.45) is 0 Å². The molecular formula is C21H22N2O4S. The summed E-state index contributed by atoms with van der Waals surface area (Å²) in [5.74, 6) is -1.24. The molecular weight excluding hydrogens is 376 g/mol. The van der Waals surface area contributed by atoms with E-state index in [-0.39, 0.29) is 10.5 Å². The van der Waals surface area contributed by atoms with Gasteiger partial charge in [0, 0.05) is 11.3 Å². The van der Waals surface area contributed by atoms with Gasteiger partial charge in [0.15, 0.2) is 0 Å². The number of para-hydroxylation sites is 1. The second kappa shape index (κ2) is 7.59. The molecule has 0 aliphatic carbocycles. The Morgan fingerprint density at radius 2 is 1.68 bits per heavy atom. The SMILES string of the molecule is CCc1ccc(C2=C(C)C(=O)N(CC(=O)Nc3ccccc3C)S2(=O)=O)cc1. The monoisotopic (exact) mass is 398 g/mol. The number of nitrogens with one attached hydrogen (secondary N) is 1. The van der Waals surface area contributed by atoms with Crippen molar-refractivity contribution in [2.75, 3.05) is 11.9 Å². The van der Waals surface area contributed by atoms with E-state index in [4.69, 9.17) is 0 Å². The van der Waals surface area contributed by atoms with Gasteiger partial charge in [0.2, 0.25) is 5.91 Å². The number of rotatable bonds is 5. The van der Waals surface area contributed by atoms with Crippen LogP contribution in [-0.2, 0) is 26.0 Å². The molecule has 0 saturated carbocycles. The highest BCUT2D eigenvalue weighted by Gasteiger charge is 2.43. The first-order valence-electron chi connectivity index (χ1n) is 8.98. The van der Waals surface area contributed by atoms with Crippen LogP contribution in [-0.4, -0.2) is 31.1 Å². The molecule has 0 aromatic heterocycles. The lowest BCUT2D eigenvalue weighted by Crippen LogP contribution is -2.38. The van der Waals surface area contributed by atoms with Crippen molar-refractivity contribution in [3.63, 3.8) is 0 Å². The van der Waals surface area contributed by atoms with E-state index in [2.05, 4.69) is 5.32 Å². The molecule has 2 aromatic carbocycles. The molecule has 1 N–H and O–H groups in total. The number of hydrogen-bond acceptors (Lipinski definition) is 4. The molecule has 1 heterocycles. The highest BCUT2D eigenvalue weighted by Crippen LogP contribution is 2.35. The minimum Gasteiger partial charge on any atom is -0.324 e. The molecule has 0 saturated heterocycles. The Labute approximate surface area is 164 Å². The molecule has 146 valence electrons. The van der Waals surface area contributed by atoms with Crippen LogP contribution < -0.4 is 5.32 Å². The van der Waals surface area contributed by atoms with E-state index in [0.717, 1.165) is 17.5 Å². The largest absolute Gasteiger partial charge is 0.324 e. The van der Waals surface area contributed by atoms with E-state index < -0.39 is 28.4 Å². The van der Waals surface area contributed by atoms with E-state index in [9.17, 15) is 18.0 Å². The molecule has 7 heteroatoms. The molecule has 1 aliphatic rings. The van der Waals surface area contributed by atoms with Gasteiger partial charge in [0.25, 0.3) is 15.9 Å². The van der Waals surface area contributed by atoms with Crippen LogP contribution in [0.1, 0.15) is 30.5 Å². The Morgan fingerprint density at radius 3 is 2.29 bits per heavy atom. The van der Waals surface area contributed by atoms with E-state index in [0.29, 0.717) is 15.6 Å². The minimum atomic E-state index is -4.09. The molecule has 0 unspecified atom stereocenters. The standard InChI is InChI=1S/C21H22N2O4S/c1-4-16-9-11-17(12-10-16)20-15(3)21(25)23(28(20,26)27)13-19(24)22-18-8-6-5-7-14(18)2/h5-12H,4,13H2,1-3H3,(H,22,24). The van der Waals surface area contributed by atoms with Crippen LogP contribution in [0.4, 0.5) is 5.69 Å². The Morgan fingerprint density at radius 1 is 1.04 bits per heavy atom. The molecule has 28 heavy (non-hydrogen) atoms. The fourth-order valence-corrected chi connectivity index (χ4v) is 4.92. The molecule has 3 rings (SSSR count). The number of carbonyl (C=O) groups excluding carboxylic acids is 2. The van der Waals surface area contributed by atoms with Crippen molar-refractivity contribution >= 4 is 32.4 Å². The smallest absolute Gasteiger partial charge is 0.268 e. The maximum atomic E-state index is 13.0. The lowest BCUT2D eigenvalue weighted by molar-refractivity contribution is -0.126. The van der Waals surface area contributed by atoms with Crippen LogP contribution in [0.15, 0.2) is 54.1 Å². The number of hydrogen-bond donors (Lipinski definition) is 1. The maximum Gasteiger partial charge on any atom is 0.268 e. The van der Waals surface area contributed by atoms with E-state index in [1.165, 1.54) is 6.92 Å². The highest BCUT2D eigenvalue weighted by atomic mass is 32.2. The average molecular weight is 398 g/mol. The molecule has 0 atom stereocenters. The summed E-state index contributed by atoms with van der Waals surface area (Å²) in [7, 11) is -4.09. The Kier molecular flexibility index (Phi) is 5.38. The number of amides is 2. The molecule has 0 bridgehead atoms. The van der Waals surface area contributed by atoms with Gasteiger partial charge in [0.05, 0.1) is 0 Å². The van der Waals surface area contributed by atoms with E-state index in [1.54, 1.807) is 24.3 Å². The normalized spacial score (nSPS) is 15.8. The van der Waals surface area contributed by atoms with Gasteiger partial charge >= 0.3 is 0 Å². The molecule has 0 fully saturated rings. The summed E-state index contributed by atoms with van der Waals surface area (Å²) >= 11 is 0. The van der Waals surface area contributed by atoms with Crippen molar-refractivity contribution in [1.82, 2.24) is 4.31 Å². The van der Waals surface area contributed by atoms with Gasteiger partial charge in [-0.25, -0.2) is 12.7 Å². The highest BCUT2D eigenvalue weighted by molar-refractivity contribution is 7.99. The summed E-state index contributed by atoms with van der Waals surface area (Å²) in [6.07, 6.45) is 0.829. The predicted octanol–water partition coefficient (Wildman–Crippen LogP) is 3.10. The third kappa shape index (κ3) is 3.57. The number of sulfonamides is 1. The molecule has 0 radical (unpaired) electrons. The van der Waals surface area contributed by atoms with E-state index >= 15 is 0 Å². The molecule has 2 aromatic rings. The van der Waals surface area contributed by atoms with Crippen molar-refractivity contribution in [3.8, 4) is 0 Å². The van der Waals surface area contributed by atoms with Crippen LogP contribution in [0.3, 0.4) is 0 Å². The summed E-state index contributed by atoms with van der Waals surface area (Å²) in [6, 6.07) is 14.2. The lowest BCUT2D eigenvalue weighted by atomic mass is 10.1. The molecule has 1 aliphatic heterocycles. The zero-order chi connectivity index (χ0) is 20.5. The van der Waals surface area contributed by atoms with Crippen molar-refractivity contribution in [2.45, 2.75) is 27.2 Å². The summed E-state index contributed by atoms with van der Waals surface area (Å²) in [6.45, 7) is 4.74. The van der Waals surface area contributed by atoms with Gasteiger partial charge in [-0.1, -0.05) is 49.4 Å². The van der Waals surface area contributed by atoms with Crippen LogP contribution in [0.2, 0.25) is 0 Å². The lowest BCUT2D eigenvalue weighted by Gasteiger charge is -2.17. The van der Waals surface area contributed by atoms with Crippen LogP contribution >= 0.6 is 0 Å². The minimum absolute atomic E-state index is 0.0381. The van der Waals surface area contributed by atoms with Gasteiger partial charge < -0.3 is 5.32 Å². The molecule has 0 spiro atoms. The second-order valence-electron chi connectivity index (χ2n) is 6.68. The van der Waals surface area contributed by atoms with Crippen molar-refractivity contribution in [3.05, 3.63) is 70.8 Å². The predicted molar refractivity (Wildman–Crippen MR) is 109 cm³/mol. The zero-order valence-electron chi connectivity index (χ0n) is 16.0. The first kappa shape index (κ1) is 19.8. The quantitative estimate of drug-likeness (QED) is 0.839. The fourth-order valence-electron chi connectivity index (χ4n) is 3.14. The first-order chi connectivity index (χ1) is 13.3. The van der Waals surface area contributed by atoms with Gasteiger partial charge in [0.1, 0.15) is 11.4 Å². The Hall–Kier alpha value is -2.93. The van der Waals surface area contributed by atoms with Crippen molar-refractivity contribution < 1.29 is 18.0 Å². The van der Waals surface area contributed by atoms with Gasteiger partial charge in [-0.2, -0.15) is 0 Å². The summed E-state index contributed by atoms with van der Waals surface area (Å²) in [5.41, 5.74) is 3.06. The zero-order valence-corrected chi connectivity index (χ0v) is 16.8. The number of benzene rings is 2. The topological polar surface area (TPSA) is 83.6 Å². The molecule has 2 amide bonds. The number of nitrogens with zero attached hydrogens (tertiary/aromatic N) is 1. The van der Waals surface area contributed by atoms with Gasteiger partial charge in [-0.05, 0) is 43.0 Å². The van der Waals surface area contributed by atoms with Crippen LogP contribution in [0.5, 0.6) is 0 Å². The Balaban J connectivity index is 1.85. The van der Waals surface area contributed by atoms with Crippen LogP contribution in [0.25, 0.3) is 4.91 Å². The van der Waals surface area contributed by atoms with Crippen LogP contribution in [0, 0.1) is 6.92 Å². The summed E-state index contributed by atoms with van der Waals surface area (Å²) in [5, 5.41) is 2.66. The third-order valence-electron chi connectivity index (χ3n) is 4.77. The average Bonchev–Trinajstić information content (AvgIpc) is 2.83. The van der Waals surface area contributed by atoms with Gasteiger partial charge in [-0.15, -0.1) is 0 Å². The van der Waals surface area contributed by atoms with Crippen molar-refractivity contribution in [1.29, 1.82) is 0 Å². The number of carbonyl (C=O) groups is 2.